The van der Waals surface area contributed by atoms with Crippen LogP contribution in [0.15, 0.2) is 47.0 Å². The summed E-state index contributed by atoms with van der Waals surface area (Å²) in [5.74, 6) is 0.431. The Bertz CT molecular complexity index is 523. The van der Waals surface area contributed by atoms with Gasteiger partial charge in [-0.05, 0) is 49.8 Å². The van der Waals surface area contributed by atoms with Crippen molar-refractivity contribution in [3.05, 3.63) is 47.0 Å². The van der Waals surface area contributed by atoms with E-state index in [0.717, 1.165) is 24.2 Å². The Morgan fingerprint density at radius 1 is 1.45 bits per heavy atom. The molecule has 2 heterocycles. The molecular weight excluding hydrogens is 248 g/mol. The fourth-order valence-electron chi connectivity index (χ4n) is 2.92. The number of amides is 1. The van der Waals surface area contributed by atoms with Crippen molar-refractivity contribution in [1.82, 2.24) is 10.2 Å². The van der Waals surface area contributed by atoms with E-state index in [2.05, 4.69) is 43.1 Å². The Labute approximate surface area is 121 Å². The minimum absolute atomic E-state index is 0.0309. The van der Waals surface area contributed by atoms with E-state index in [0.29, 0.717) is 12.5 Å². The maximum absolute atomic E-state index is 12.5. The highest BCUT2D eigenvalue weighted by Gasteiger charge is 2.28. The zero-order valence-electron chi connectivity index (χ0n) is 12.9. The number of nitrogens with one attached hydrogen (secondary N) is 1. The Morgan fingerprint density at radius 3 is 2.85 bits per heavy atom. The summed E-state index contributed by atoms with van der Waals surface area (Å²) in [6, 6.07) is 0. The Kier molecular flexibility index (Phi) is 4.48. The SMILES string of the molecule is CCNC(=O)C1=C(CC)C(C)CC=C2C(C)=CC=CN21. The van der Waals surface area contributed by atoms with Crippen LogP contribution in [0.2, 0.25) is 0 Å². The van der Waals surface area contributed by atoms with Crippen molar-refractivity contribution < 1.29 is 4.79 Å². The quantitative estimate of drug-likeness (QED) is 0.853. The van der Waals surface area contributed by atoms with E-state index in [1.807, 2.05) is 19.2 Å². The molecule has 0 aromatic rings. The van der Waals surface area contributed by atoms with Crippen LogP contribution in [0.5, 0.6) is 0 Å². The number of likely N-dealkylation sites (N-methyl/N-ethyl adjacent to an activating group) is 1. The van der Waals surface area contributed by atoms with Gasteiger partial charge in [0, 0.05) is 18.4 Å². The minimum atomic E-state index is 0.0309. The summed E-state index contributed by atoms with van der Waals surface area (Å²) in [6.07, 6.45) is 10.2. The molecule has 1 N–H and O–H groups in total. The molecule has 3 heteroatoms. The van der Waals surface area contributed by atoms with Gasteiger partial charge in [0.1, 0.15) is 5.70 Å². The fraction of sp³-hybridized carbons (Fsp3) is 0.471. The van der Waals surface area contributed by atoms with Gasteiger partial charge in [-0.15, -0.1) is 0 Å². The molecular formula is C17H24N2O. The molecule has 0 spiro atoms. The van der Waals surface area contributed by atoms with Gasteiger partial charge < -0.3 is 10.2 Å². The second-order valence-corrected chi connectivity index (χ2v) is 5.37. The van der Waals surface area contributed by atoms with E-state index in [1.54, 1.807) is 0 Å². The van der Waals surface area contributed by atoms with E-state index in [1.165, 1.54) is 11.1 Å². The summed E-state index contributed by atoms with van der Waals surface area (Å²) in [6.45, 7) is 9.04. The number of hydrogen-bond acceptors (Lipinski definition) is 2. The number of carbonyl (C=O) groups excluding carboxylic acids is 1. The lowest BCUT2D eigenvalue weighted by atomic mass is 9.94. The van der Waals surface area contributed by atoms with Crippen molar-refractivity contribution in [3.63, 3.8) is 0 Å². The van der Waals surface area contributed by atoms with Crippen molar-refractivity contribution >= 4 is 5.91 Å². The summed E-state index contributed by atoms with van der Waals surface area (Å²) in [4.78, 5) is 14.6. The number of rotatable bonds is 3. The van der Waals surface area contributed by atoms with Gasteiger partial charge in [-0.3, -0.25) is 4.79 Å². The second kappa shape index (κ2) is 6.12. The van der Waals surface area contributed by atoms with Gasteiger partial charge in [0.25, 0.3) is 5.91 Å². The van der Waals surface area contributed by atoms with Crippen LogP contribution < -0.4 is 5.32 Å². The van der Waals surface area contributed by atoms with E-state index >= 15 is 0 Å². The number of hydrogen-bond donors (Lipinski definition) is 1. The lowest BCUT2D eigenvalue weighted by Gasteiger charge is -2.29. The van der Waals surface area contributed by atoms with Crippen LogP contribution in [-0.4, -0.2) is 17.4 Å². The zero-order valence-corrected chi connectivity index (χ0v) is 12.9. The first-order valence-corrected chi connectivity index (χ1v) is 7.46. The van der Waals surface area contributed by atoms with Gasteiger partial charge >= 0.3 is 0 Å². The highest BCUT2D eigenvalue weighted by atomic mass is 16.2. The van der Waals surface area contributed by atoms with Crippen LogP contribution in [0.25, 0.3) is 0 Å². The standard InChI is InChI=1S/C17H24N2O/c1-5-14-12(3)9-10-15-13(4)8-7-11-19(15)16(14)17(20)18-6-2/h7-8,10-12H,5-6,9H2,1-4H3,(H,18,20). The fourth-order valence-corrected chi connectivity index (χ4v) is 2.92. The van der Waals surface area contributed by atoms with Gasteiger partial charge in [0.05, 0.1) is 0 Å². The molecule has 0 aromatic heterocycles. The molecule has 108 valence electrons. The summed E-state index contributed by atoms with van der Waals surface area (Å²) in [7, 11) is 0. The normalized spacial score (nSPS) is 22.0. The molecule has 3 nitrogen and oxygen atoms in total. The van der Waals surface area contributed by atoms with Crippen molar-refractivity contribution in [2.75, 3.05) is 6.54 Å². The summed E-state index contributed by atoms with van der Waals surface area (Å²) < 4.78 is 0. The first-order valence-electron chi connectivity index (χ1n) is 7.46. The third kappa shape index (κ3) is 2.58. The van der Waals surface area contributed by atoms with Gasteiger partial charge in [-0.1, -0.05) is 26.0 Å². The van der Waals surface area contributed by atoms with Gasteiger partial charge in [-0.25, -0.2) is 0 Å². The van der Waals surface area contributed by atoms with Gasteiger partial charge in [-0.2, -0.15) is 0 Å². The molecule has 0 fully saturated rings. The van der Waals surface area contributed by atoms with E-state index in [-0.39, 0.29) is 5.91 Å². The van der Waals surface area contributed by atoms with Gasteiger partial charge in [0.2, 0.25) is 0 Å². The van der Waals surface area contributed by atoms with Crippen LogP contribution in [0.3, 0.4) is 0 Å². The molecule has 1 unspecified atom stereocenters. The van der Waals surface area contributed by atoms with E-state index in [9.17, 15) is 4.79 Å². The maximum atomic E-state index is 12.5. The van der Waals surface area contributed by atoms with Gasteiger partial charge in [0.15, 0.2) is 0 Å². The van der Waals surface area contributed by atoms with Crippen molar-refractivity contribution in [2.45, 2.75) is 40.5 Å². The maximum Gasteiger partial charge on any atom is 0.268 e. The molecule has 0 saturated carbocycles. The molecule has 0 bridgehead atoms. The van der Waals surface area contributed by atoms with Crippen LogP contribution in [-0.2, 0) is 4.79 Å². The molecule has 1 atom stereocenters. The molecule has 2 aliphatic rings. The lowest BCUT2D eigenvalue weighted by molar-refractivity contribution is -0.118. The smallest absolute Gasteiger partial charge is 0.268 e. The Morgan fingerprint density at radius 2 is 2.20 bits per heavy atom. The van der Waals surface area contributed by atoms with Crippen LogP contribution in [0.4, 0.5) is 0 Å². The third-order valence-corrected chi connectivity index (χ3v) is 3.98. The molecule has 1 amide bonds. The highest BCUT2D eigenvalue weighted by Crippen LogP contribution is 2.35. The zero-order chi connectivity index (χ0) is 14.7. The average molecular weight is 272 g/mol. The molecule has 20 heavy (non-hydrogen) atoms. The number of nitrogens with zero attached hydrogens (tertiary/aromatic N) is 1. The van der Waals surface area contributed by atoms with Crippen molar-refractivity contribution in [2.24, 2.45) is 5.92 Å². The van der Waals surface area contributed by atoms with Crippen LogP contribution in [0.1, 0.15) is 40.5 Å². The van der Waals surface area contributed by atoms with E-state index < -0.39 is 0 Å². The topological polar surface area (TPSA) is 32.3 Å². The Hall–Kier alpha value is -1.77. The number of allylic oxidation sites excluding steroid dienone is 5. The third-order valence-electron chi connectivity index (χ3n) is 3.98. The predicted molar refractivity (Wildman–Crippen MR) is 82.6 cm³/mol. The first-order chi connectivity index (χ1) is 9.60. The number of fused-ring (bicyclic) bond motifs is 1. The summed E-state index contributed by atoms with van der Waals surface area (Å²) in [5, 5.41) is 2.96. The first kappa shape index (κ1) is 14.6. The van der Waals surface area contributed by atoms with Crippen molar-refractivity contribution in [3.8, 4) is 0 Å². The van der Waals surface area contributed by atoms with Crippen molar-refractivity contribution in [1.29, 1.82) is 0 Å². The molecule has 0 saturated heterocycles. The minimum Gasteiger partial charge on any atom is -0.351 e. The molecule has 0 aliphatic carbocycles. The molecule has 0 aromatic carbocycles. The predicted octanol–water partition coefficient (Wildman–Crippen LogP) is 3.49. The molecule has 0 radical (unpaired) electrons. The lowest BCUT2D eigenvalue weighted by Crippen LogP contribution is -2.34. The average Bonchev–Trinajstić information content (AvgIpc) is 2.57. The second-order valence-electron chi connectivity index (χ2n) is 5.37. The molecule has 2 aliphatic heterocycles. The van der Waals surface area contributed by atoms with E-state index in [4.69, 9.17) is 0 Å². The van der Waals surface area contributed by atoms with Crippen LogP contribution in [0, 0.1) is 5.92 Å². The summed E-state index contributed by atoms with van der Waals surface area (Å²) in [5.41, 5.74) is 4.40. The Balaban J connectivity index is 2.54. The largest absolute Gasteiger partial charge is 0.351 e. The highest BCUT2D eigenvalue weighted by molar-refractivity contribution is 5.94. The van der Waals surface area contributed by atoms with Crippen LogP contribution >= 0.6 is 0 Å². The monoisotopic (exact) mass is 272 g/mol. The summed E-state index contributed by atoms with van der Waals surface area (Å²) >= 11 is 0. The number of carbonyl (C=O) groups is 1. The molecule has 2 rings (SSSR count).